The number of hydrogen-bond acceptors (Lipinski definition) is 3. The van der Waals surface area contributed by atoms with Crippen molar-refractivity contribution in [2.24, 2.45) is 0 Å². The standard InChI is InChI=1S/C11H15NO2.C11H15NO/c1-8(2)9-4-6-10(7-5-9)12-11(13)14-3;1-8(2)10-4-6-11(7-5-10)12-9(3)13/h4-8H,1-3H3,(H,12,13);4-8H,1-3H3,(H,12,13). The summed E-state index contributed by atoms with van der Waals surface area (Å²) in [7, 11) is 1.35. The van der Waals surface area contributed by atoms with Crippen LogP contribution in [0.25, 0.3) is 0 Å². The van der Waals surface area contributed by atoms with Crippen molar-refractivity contribution in [1.82, 2.24) is 0 Å². The Morgan fingerprint density at radius 3 is 1.41 bits per heavy atom. The Morgan fingerprint density at radius 1 is 0.741 bits per heavy atom. The number of ether oxygens (including phenoxy) is 1. The predicted molar refractivity (Wildman–Crippen MR) is 111 cm³/mol. The van der Waals surface area contributed by atoms with Crippen LogP contribution < -0.4 is 10.6 Å². The molecule has 0 fully saturated rings. The Kier molecular flexibility index (Phi) is 9.06. The molecule has 0 aliphatic rings. The SMILES string of the molecule is CC(=O)Nc1ccc(C(C)C)cc1.COC(=O)Nc1ccc(C(C)C)cc1. The number of carbonyl (C=O) groups is 2. The Bertz CT molecular complexity index is 720. The highest BCUT2D eigenvalue weighted by Gasteiger charge is 2.02. The van der Waals surface area contributed by atoms with Crippen LogP contribution in [0.4, 0.5) is 16.2 Å². The van der Waals surface area contributed by atoms with Gasteiger partial charge in [0.25, 0.3) is 0 Å². The monoisotopic (exact) mass is 370 g/mol. The van der Waals surface area contributed by atoms with E-state index in [-0.39, 0.29) is 5.91 Å². The minimum absolute atomic E-state index is 0.0303. The van der Waals surface area contributed by atoms with Gasteiger partial charge in [-0.3, -0.25) is 10.1 Å². The highest BCUT2D eigenvalue weighted by molar-refractivity contribution is 5.88. The maximum absolute atomic E-state index is 10.9. The molecule has 2 aromatic carbocycles. The van der Waals surface area contributed by atoms with Crippen LogP contribution in [0.5, 0.6) is 0 Å². The van der Waals surface area contributed by atoms with Gasteiger partial charge in [-0.1, -0.05) is 52.0 Å². The van der Waals surface area contributed by atoms with Crippen LogP contribution in [0, 0.1) is 0 Å². The van der Waals surface area contributed by atoms with E-state index in [1.54, 1.807) is 0 Å². The Morgan fingerprint density at radius 2 is 1.11 bits per heavy atom. The van der Waals surface area contributed by atoms with Crippen molar-refractivity contribution in [2.45, 2.75) is 46.5 Å². The summed E-state index contributed by atoms with van der Waals surface area (Å²) in [4.78, 5) is 21.6. The molecule has 0 saturated heterocycles. The number of amides is 2. The molecule has 146 valence electrons. The van der Waals surface area contributed by atoms with Gasteiger partial charge in [-0.05, 0) is 47.2 Å². The first-order chi connectivity index (χ1) is 12.7. The Labute approximate surface area is 162 Å². The third-order valence-electron chi connectivity index (χ3n) is 3.91. The third-order valence-corrected chi connectivity index (χ3v) is 3.91. The van der Waals surface area contributed by atoms with Gasteiger partial charge >= 0.3 is 6.09 Å². The van der Waals surface area contributed by atoms with Crippen LogP contribution in [0.3, 0.4) is 0 Å². The minimum Gasteiger partial charge on any atom is -0.453 e. The number of rotatable bonds is 4. The average Bonchev–Trinajstić information content (AvgIpc) is 2.62. The molecule has 2 N–H and O–H groups in total. The van der Waals surface area contributed by atoms with Crippen LogP contribution in [-0.4, -0.2) is 19.1 Å². The van der Waals surface area contributed by atoms with Gasteiger partial charge in [0, 0.05) is 18.3 Å². The largest absolute Gasteiger partial charge is 0.453 e. The van der Waals surface area contributed by atoms with Crippen LogP contribution >= 0.6 is 0 Å². The summed E-state index contributed by atoms with van der Waals surface area (Å²) in [5.74, 6) is 1.01. The summed E-state index contributed by atoms with van der Waals surface area (Å²) in [5.41, 5.74) is 4.15. The number of hydrogen-bond donors (Lipinski definition) is 2. The van der Waals surface area contributed by atoms with Crippen molar-refractivity contribution in [3.05, 3.63) is 59.7 Å². The van der Waals surface area contributed by atoms with Crippen molar-refractivity contribution < 1.29 is 14.3 Å². The smallest absolute Gasteiger partial charge is 0.411 e. The normalized spacial score (nSPS) is 10.1. The van der Waals surface area contributed by atoms with Crippen molar-refractivity contribution in [3.8, 4) is 0 Å². The summed E-state index contributed by atoms with van der Waals surface area (Å²) >= 11 is 0. The first kappa shape index (κ1) is 22.2. The molecule has 2 amide bonds. The first-order valence-corrected chi connectivity index (χ1v) is 9.05. The molecule has 0 atom stereocenters. The summed E-state index contributed by atoms with van der Waals surface area (Å²) in [6, 6.07) is 15.7. The molecule has 2 aromatic rings. The molecular weight excluding hydrogens is 340 g/mol. The van der Waals surface area contributed by atoms with Crippen molar-refractivity contribution in [3.63, 3.8) is 0 Å². The van der Waals surface area contributed by atoms with Gasteiger partial charge in [0.05, 0.1) is 7.11 Å². The molecule has 0 heterocycles. The van der Waals surface area contributed by atoms with E-state index in [0.717, 1.165) is 11.4 Å². The molecule has 27 heavy (non-hydrogen) atoms. The zero-order valence-corrected chi connectivity index (χ0v) is 17.0. The van der Waals surface area contributed by atoms with Gasteiger partial charge in [-0.2, -0.15) is 0 Å². The lowest BCUT2D eigenvalue weighted by molar-refractivity contribution is -0.114. The van der Waals surface area contributed by atoms with Crippen LogP contribution in [0.2, 0.25) is 0 Å². The lowest BCUT2D eigenvalue weighted by Crippen LogP contribution is -2.10. The molecule has 0 radical (unpaired) electrons. The average molecular weight is 370 g/mol. The molecule has 0 aliphatic heterocycles. The Balaban J connectivity index is 0.000000271. The highest BCUT2D eigenvalue weighted by Crippen LogP contribution is 2.17. The van der Waals surface area contributed by atoms with E-state index in [0.29, 0.717) is 11.8 Å². The highest BCUT2D eigenvalue weighted by atomic mass is 16.5. The molecule has 0 spiro atoms. The van der Waals surface area contributed by atoms with E-state index in [1.165, 1.54) is 25.2 Å². The van der Waals surface area contributed by atoms with Crippen LogP contribution in [0.15, 0.2) is 48.5 Å². The predicted octanol–water partition coefficient (Wildman–Crippen LogP) is 5.76. The topological polar surface area (TPSA) is 67.4 Å². The fourth-order valence-corrected chi connectivity index (χ4v) is 2.27. The molecule has 5 nitrogen and oxygen atoms in total. The van der Waals surface area contributed by atoms with Gasteiger partial charge < -0.3 is 10.1 Å². The van der Waals surface area contributed by atoms with Crippen molar-refractivity contribution >= 4 is 23.4 Å². The maximum atomic E-state index is 10.9. The number of nitrogens with one attached hydrogen (secondary N) is 2. The van der Waals surface area contributed by atoms with E-state index in [1.807, 2.05) is 48.5 Å². The first-order valence-electron chi connectivity index (χ1n) is 9.05. The van der Waals surface area contributed by atoms with Crippen molar-refractivity contribution in [1.29, 1.82) is 0 Å². The van der Waals surface area contributed by atoms with E-state index in [9.17, 15) is 9.59 Å². The molecular formula is C22H30N2O3. The molecule has 0 saturated carbocycles. The van der Waals surface area contributed by atoms with E-state index in [2.05, 4.69) is 43.1 Å². The second-order valence-corrected chi connectivity index (χ2v) is 6.85. The number of methoxy groups -OCH3 is 1. The fraction of sp³-hybridized carbons (Fsp3) is 0.364. The fourth-order valence-electron chi connectivity index (χ4n) is 2.27. The zero-order chi connectivity index (χ0) is 20.4. The van der Waals surface area contributed by atoms with E-state index in [4.69, 9.17) is 0 Å². The van der Waals surface area contributed by atoms with Gasteiger partial charge in [0.1, 0.15) is 0 Å². The van der Waals surface area contributed by atoms with Crippen molar-refractivity contribution in [2.75, 3.05) is 17.7 Å². The summed E-state index contributed by atoms with van der Waals surface area (Å²) in [6.45, 7) is 10.1. The molecule has 0 aliphatic carbocycles. The van der Waals surface area contributed by atoms with Gasteiger partial charge in [-0.15, -0.1) is 0 Å². The molecule has 0 unspecified atom stereocenters. The third kappa shape index (κ3) is 8.40. The van der Waals surface area contributed by atoms with E-state index >= 15 is 0 Å². The summed E-state index contributed by atoms with van der Waals surface area (Å²) < 4.78 is 4.48. The molecule has 2 rings (SSSR count). The number of anilines is 2. The Hall–Kier alpha value is -2.82. The molecule has 0 aromatic heterocycles. The lowest BCUT2D eigenvalue weighted by atomic mass is 10.0. The van der Waals surface area contributed by atoms with Crippen LogP contribution in [-0.2, 0) is 9.53 Å². The quantitative estimate of drug-likeness (QED) is 0.719. The zero-order valence-electron chi connectivity index (χ0n) is 17.0. The molecule has 5 heteroatoms. The maximum Gasteiger partial charge on any atom is 0.411 e. The van der Waals surface area contributed by atoms with Gasteiger partial charge in [0.15, 0.2) is 0 Å². The van der Waals surface area contributed by atoms with Gasteiger partial charge in [0.2, 0.25) is 5.91 Å². The second-order valence-electron chi connectivity index (χ2n) is 6.85. The lowest BCUT2D eigenvalue weighted by Gasteiger charge is -2.07. The minimum atomic E-state index is -0.442. The number of carbonyl (C=O) groups excluding carboxylic acids is 2. The summed E-state index contributed by atoms with van der Waals surface area (Å²) in [5, 5.41) is 5.33. The van der Waals surface area contributed by atoms with E-state index < -0.39 is 6.09 Å². The summed E-state index contributed by atoms with van der Waals surface area (Å²) in [6.07, 6.45) is -0.442. The second kappa shape index (κ2) is 11.0. The number of benzene rings is 2. The molecule has 0 bridgehead atoms. The van der Waals surface area contributed by atoms with Gasteiger partial charge in [-0.25, -0.2) is 4.79 Å². The van der Waals surface area contributed by atoms with Crippen LogP contribution in [0.1, 0.15) is 57.6 Å².